The minimum absolute atomic E-state index is 0.324. The van der Waals surface area contributed by atoms with E-state index in [2.05, 4.69) is 17.2 Å². The van der Waals surface area contributed by atoms with E-state index < -0.39 is 16.4 Å². The Kier molecular flexibility index (Phi) is 5.04. The van der Waals surface area contributed by atoms with Gasteiger partial charge < -0.3 is 10.4 Å². The molecule has 1 aliphatic rings. The van der Waals surface area contributed by atoms with Crippen LogP contribution >= 0.6 is 11.8 Å². The fraction of sp³-hybridized carbons (Fsp3) is 0.111. The molecule has 0 bridgehead atoms. The van der Waals surface area contributed by atoms with Crippen LogP contribution in [-0.2, 0) is 11.2 Å². The van der Waals surface area contributed by atoms with E-state index in [-0.39, 0.29) is 5.91 Å². The first-order chi connectivity index (χ1) is 12.5. The van der Waals surface area contributed by atoms with Crippen molar-refractivity contribution in [1.82, 2.24) is 5.32 Å². The lowest BCUT2D eigenvalue weighted by atomic mass is 10.1. The summed E-state index contributed by atoms with van der Waals surface area (Å²) >= 11 is 1.15. The molecular weight excluding hydrogens is 354 g/mol. The molecule has 1 fully saturated rings. The standard InChI is InChI=1S/C18H15N3O4S/c1-2-11-3-6-13(7-4-11)19-18-20-17(23)16(26-18)10-12-5-8-15(22)14(9-12)21(24)25/h3-10,22H,2H2,1H3,(H,19,20,23). The summed E-state index contributed by atoms with van der Waals surface area (Å²) in [6.45, 7) is 2.07. The molecule has 26 heavy (non-hydrogen) atoms. The van der Waals surface area contributed by atoms with Crippen molar-refractivity contribution in [2.45, 2.75) is 13.3 Å². The van der Waals surface area contributed by atoms with Crippen LogP contribution in [0.3, 0.4) is 0 Å². The largest absolute Gasteiger partial charge is 0.502 e. The summed E-state index contributed by atoms with van der Waals surface area (Å²) < 4.78 is 0. The summed E-state index contributed by atoms with van der Waals surface area (Å²) in [5.41, 5.74) is 1.96. The van der Waals surface area contributed by atoms with Crippen molar-refractivity contribution < 1.29 is 14.8 Å². The van der Waals surface area contributed by atoms with Crippen molar-refractivity contribution in [3.05, 3.63) is 68.6 Å². The highest BCUT2D eigenvalue weighted by Gasteiger charge is 2.24. The molecule has 2 aromatic rings. The second-order valence-electron chi connectivity index (χ2n) is 5.51. The lowest BCUT2D eigenvalue weighted by Gasteiger charge is -1.99. The topological polar surface area (TPSA) is 105 Å². The maximum Gasteiger partial charge on any atom is 0.311 e. The zero-order valence-electron chi connectivity index (χ0n) is 13.8. The van der Waals surface area contributed by atoms with Crippen LogP contribution in [0.25, 0.3) is 6.08 Å². The predicted octanol–water partition coefficient (Wildman–Crippen LogP) is 3.75. The van der Waals surface area contributed by atoms with Crippen LogP contribution in [0.1, 0.15) is 18.1 Å². The van der Waals surface area contributed by atoms with Gasteiger partial charge in [0.15, 0.2) is 10.9 Å². The molecule has 8 heteroatoms. The first-order valence-electron chi connectivity index (χ1n) is 7.82. The maximum absolute atomic E-state index is 12.1. The van der Waals surface area contributed by atoms with E-state index in [0.29, 0.717) is 15.6 Å². The number of carbonyl (C=O) groups is 1. The van der Waals surface area contributed by atoms with Crippen LogP contribution in [0.5, 0.6) is 5.75 Å². The zero-order valence-corrected chi connectivity index (χ0v) is 14.6. The SMILES string of the molecule is CCc1ccc(N=C2NC(=O)C(=Cc3ccc(O)c([N+](=O)[O-])c3)S2)cc1. The number of carbonyl (C=O) groups excluding carboxylic acids is 1. The highest BCUT2D eigenvalue weighted by molar-refractivity contribution is 8.18. The van der Waals surface area contributed by atoms with Crippen molar-refractivity contribution in [3.63, 3.8) is 0 Å². The molecule has 0 saturated carbocycles. The van der Waals surface area contributed by atoms with E-state index in [4.69, 9.17) is 0 Å². The summed E-state index contributed by atoms with van der Waals surface area (Å²) in [5.74, 6) is -0.742. The molecule has 0 aliphatic carbocycles. The summed E-state index contributed by atoms with van der Waals surface area (Å²) in [5, 5.41) is 23.5. The van der Waals surface area contributed by atoms with Gasteiger partial charge in [0.2, 0.25) is 0 Å². The van der Waals surface area contributed by atoms with E-state index in [1.807, 2.05) is 24.3 Å². The highest BCUT2D eigenvalue weighted by atomic mass is 32.2. The van der Waals surface area contributed by atoms with E-state index >= 15 is 0 Å². The normalized spacial score (nSPS) is 16.9. The molecule has 3 rings (SSSR count). The third-order valence-corrected chi connectivity index (χ3v) is 4.63. The van der Waals surface area contributed by atoms with Gasteiger partial charge in [-0.25, -0.2) is 4.99 Å². The molecular formula is C18H15N3O4S. The quantitative estimate of drug-likeness (QED) is 0.485. The van der Waals surface area contributed by atoms with E-state index in [1.54, 1.807) is 0 Å². The average molecular weight is 369 g/mol. The van der Waals surface area contributed by atoms with Gasteiger partial charge in [0.05, 0.1) is 15.5 Å². The van der Waals surface area contributed by atoms with Gasteiger partial charge in [-0.15, -0.1) is 0 Å². The van der Waals surface area contributed by atoms with Crippen molar-refractivity contribution in [2.24, 2.45) is 4.99 Å². The van der Waals surface area contributed by atoms with Gasteiger partial charge >= 0.3 is 5.69 Å². The van der Waals surface area contributed by atoms with Gasteiger partial charge in [0.25, 0.3) is 5.91 Å². The lowest BCUT2D eigenvalue weighted by Crippen LogP contribution is -2.19. The van der Waals surface area contributed by atoms with Crippen molar-refractivity contribution in [2.75, 3.05) is 0 Å². The molecule has 2 aromatic carbocycles. The number of nitrogens with one attached hydrogen (secondary N) is 1. The molecule has 0 aromatic heterocycles. The Balaban J connectivity index is 1.83. The van der Waals surface area contributed by atoms with Crippen molar-refractivity contribution >= 4 is 40.3 Å². The van der Waals surface area contributed by atoms with Crippen LogP contribution in [-0.4, -0.2) is 21.1 Å². The number of thioether (sulfide) groups is 1. The minimum Gasteiger partial charge on any atom is -0.502 e. The van der Waals surface area contributed by atoms with Crippen LogP contribution < -0.4 is 5.32 Å². The second-order valence-corrected chi connectivity index (χ2v) is 6.54. The summed E-state index contributed by atoms with van der Waals surface area (Å²) in [6.07, 6.45) is 2.46. The Morgan fingerprint density at radius 3 is 2.65 bits per heavy atom. The number of hydrogen-bond donors (Lipinski definition) is 2. The molecule has 1 heterocycles. The van der Waals surface area contributed by atoms with Crippen molar-refractivity contribution in [3.8, 4) is 5.75 Å². The Morgan fingerprint density at radius 1 is 1.27 bits per heavy atom. The van der Waals surface area contributed by atoms with Crippen molar-refractivity contribution in [1.29, 1.82) is 0 Å². The number of nitro groups is 1. The molecule has 0 atom stereocenters. The van der Waals surface area contributed by atoms with E-state index in [0.717, 1.165) is 23.9 Å². The van der Waals surface area contributed by atoms with Gasteiger partial charge in [-0.1, -0.05) is 25.1 Å². The summed E-state index contributed by atoms with van der Waals surface area (Å²) in [6, 6.07) is 11.7. The molecule has 2 N–H and O–H groups in total. The van der Waals surface area contributed by atoms with Gasteiger partial charge in [-0.2, -0.15) is 0 Å². The van der Waals surface area contributed by atoms with E-state index in [1.165, 1.54) is 29.8 Å². The highest BCUT2D eigenvalue weighted by Crippen LogP contribution is 2.31. The number of benzene rings is 2. The number of hydrogen-bond acceptors (Lipinski definition) is 6. The number of amides is 1. The Labute approximate surface area is 153 Å². The number of aryl methyl sites for hydroxylation is 1. The van der Waals surface area contributed by atoms with Crippen LogP contribution in [0, 0.1) is 10.1 Å². The van der Waals surface area contributed by atoms with Crippen LogP contribution in [0.4, 0.5) is 11.4 Å². The number of aliphatic imine (C=N–C) groups is 1. The molecule has 1 amide bonds. The molecule has 7 nitrogen and oxygen atoms in total. The van der Waals surface area contributed by atoms with Gasteiger partial charge in [-0.05, 0) is 53.6 Å². The third kappa shape index (κ3) is 3.92. The summed E-state index contributed by atoms with van der Waals surface area (Å²) in [4.78, 5) is 27.1. The van der Waals surface area contributed by atoms with Gasteiger partial charge in [0.1, 0.15) is 0 Å². The van der Waals surface area contributed by atoms with E-state index in [9.17, 15) is 20.0 Å². The van der Waals surface area contributed by atoms with Gasteiger partial charge in [-0.3, -0.25) is 14.9 Å². The lowest BCUT2D eigenvalue weighted by molar-refractivity contribution is -0.385. The fourth-order valence-corrected chi connectivity index (χ4v) is 3.17. The molecule has 0 unspecified atom stereocenters. The molecule has 132 valence electrons. The Hall–Kier alpha value is -3.13. The van der Waals surface area contributed by atoms with Crippen LogP contribution in [0.2, 0.25) is 0 Å². The molecule has 0 radical (unpaired) electrons. The third-order valence-electron chi connectivity index (χ3n) is 3.72. The minimum atomic E-state index is -0.675. The summed E-state index contributed by atoms with van der Waals surface area (Å²) in [7, 11) is 0. The van der Waals surface area contributed by atoms with Crippen LogP contribution in [0.15, 0.2) is 52.4 Å². The zero-order chi connectivity index (χ0) is 18.7. The predicted molar refractivity (Wildman–Crippen MR) is 101 cm³/mol. The molecule has 1 aliphatic heterocycles. The Bertz CT molecular complexity index is 936. The van der Waals surface area contributed by atoms with Gasteiger partial charge in [0, 0.05) is 6.07 Å². The number of amidine groups is 1. The number of nitrogens with zero attached hydrogens (tertiary/aromatic N) is 2. The first-order valence-corrected chi connectivity index (χ1v) is 8.64. The number of nitro benzene ring substituents is 1. The second kappa shape index (κ2) is 7.40. The molecule has 1 saturated heterocycles. The number of rotatable bonds is 4. The number of phenolic OH excluding ortho intramolecular Hbond substituents is 1. The smallest absolute Gasteiger partial charge is 0.311 e. The maximum atomic E-state index is 12.1. The Morgan fingerprint density at radius 2 is 2.00 bits per heavy atom. The first kappa shape index (κ1) is 17.7. The number of phenols is 1. The monoisotopic (exact) mass is 369 g/mol. The average Bonchev–Trinajstić information content (AvgIpc) is 2.96. The fourth-order valence-electron chi connectivity index (χ4n) is 2.33. The molecule has 0 spiro atoms. The number of aromatic hydroxyl groups is 1.